The zero-order valence-electron chi connectivity index (χ0n) is 14.4. The third-order valence-electron chi connectivity index (χ3n) is 4.29. The first-order valence-electron chi connectivity index (χ1n) is 8.62. The van der Waals surface area contributed by atoms with Crippen LogP contribution < -0.4 is 0 Å². The number of rotatable bonds is 6. The summed E-state index contributed by atoms with van der Waals surface area (Å²) < 4.78 is 5.31. The number of hydrogen-bond acceptors (Lipinski definition) is 6. The molecule has 0 aliphatic rings. The van der Waals surface area contributed by atoms with Crippen LogP contribution in [0.25, 0.3) is 22.5 Å². The van der Waals surface area contributed by atoms with Gasteiger partial charge in [0.15, 0.2) is 5.82 Å². The van der Waals surface area contributed by atoms with Gasteiger partial charge in [0.1, 0.15) is 11.2 Å². The van der Waals surface area contributed by atoms with Crippen molar-refractivity contribution in [2.45, 2.75) is 19.3 Å². The van der Waals surface area contributed by atoms with Gasteiger partial charge in [0.25, 0.3) is 11.6 Å². The van der Waals surface area contributed by atoms with Gasteiger partial charge in [0, 0.05) is 17.9 Å². The largest absolute Gasteiger partial charge is 0.332 e. The number of para-hydroxylation sites is 1. The van der Waals surface area contributed by atoms with E-state index in [1.807, 2.05) is 18.2 Å². The molecule has 7 nitrogen and oxygen atoms in total. The molecule has 0 saturated heterocycles. The number of non-ortho nitro benzene ring substituents is 1. The summed E-state index contributed by atoms with van der Waals surface area (Å²) in [6, 6.07) is 18.6. The molecule has 0 amide bonds. The van der Waals surface area contributed by atoms with E-state index in [-0.39, 0.29) is 11.6 Å². The molecule has 2 heterocycles. The van der Waals surface area contributed by atoms with E-state index in [9.17, 15) is 10.1 Å². The van der Waals surface area contributed by atoms with Gasteiger partial charge in [0.2, 0.25) is 0 Å². The van der Waals surface area contributed by atoms with Crippen LogP contribution in [0.15, 0.2) is 65.2 Å². The fourth-order valence-corrected chi connectivity index (χ4v) is 2.95. The van der Waals surface area contributed by atoms with Crippen molar-refractivity contribution in [1.82, 2.24) is 15.1 Å². The lowest BCUT2D eigenvalue weighted by Crippen LogP contribution is -1.94. The van der Waals surface area contributed by atoms with Crippen molar-refractivity contribution in [2.24, 2.45) is 0 Å². The number of benzene rings is 2. The molecule has 0 saturated carbocycles. The quantitative estimate of drug-likeness (QED) is 0.374. The highest BCUT2D eigenvalue weighted by molar-refractivity contribution is 5.88. The van der Waals surface area contributed by atoms with E-state index in [0.29, 0.717) is 28.8 Å². The van der Waals surface area contributed by atoms with Crippen LogP contribution >= 0.6 is 0 Å². The van der Waals surface area contributed by atoms with E-state index < -0.39 is 4.92 Å². The van der Waals surface area contributed by atoms with Crippen molar-refractivity contribution >= 4 is 16.6 Å². The molecule has 0 fully saturated rings. The van der Waals surface area contributed by atoms with Crippen LogP contribution in [0.4, 0.5) is 5.69 Å². The lowest BCUT2D eigenvalue weighted by Gasteiger charge is -2.00. The lowest BCUT2D eigenvalue weighted by atomic mass is 10.1. The number of nitrogens with zero attached hydrogens (tertiary/aromatic N) is 4. The Labute approximate surface area is 154 Å². The molecule has 0 spiro atoms. The van der Waals surface area contributed by atoms with Crippen molar-refractivity contribution in [3.05, 3.63) is 82.2 Å². The molecule has 2 aromatic carbocycles. The molecule has 0 aliphatic carbocycles. The third-order valence-corrected chi connectivity index (χ3v) is 4.29. The maximum absolute atomic E-state index is 11.2. The maximum atomic E-state index is 11.2. The van der Waals surface area contributed by atoms with Gasteiger partial charge < -0.3 is 4.52 Å². The van der Waals surface area contributed by atoms with Crippen LogP contribution in [-0.2, 0) is 12.8 Å². The SMILES string of the molecule is O=[N+]([O-])c1cccc2ccc(-c3nc(CCCc4ccccc4)no3)nc12. The van der Waals surface area contributed by atoms with Crippen LogP contribution in [0.1, 0.15) is 17.8 Å². The Morgan fingerprint density at radius 3 is 2.59 bits per heavy atom. The summed E-state index contributed by atoms with van der Waals surface area (Å²) in [5.41, 5.74) is 1.96. The van der Waals surface area contributed by atoms with Gasteiger partial charge in [-0.1, -0.05) is 53.7 Å². The highest BCUT2D eigenvalue weighted by Crippen LogP contribution is 2.26. The van der Waals surface area contributed by atoms with Gasteiger partial charge in [-0.2, -0.15) is 4.98 Å². The topological polar surface area (TPSA) is 95.0 Å². The second-order valence-electron chi connectivity index (χ2n) is 6.16. The van der Waals surface area contributed by atoms with E-state index in [0.717, 1.165) is 12.8 Å². The number of nitro benzene ring substituents is 1. The second-order valence-corrected chi connectivity index (χ2v) is 6.16. The van der Waals surface area contributed by atoms with Crippen molar-refractivity contribution in [2.75, 3.05) is 0 Å². The summed E-state index contributed by atoms with van der Waals surface area (Å²) in [6.45, 7) is 0. The molecule has 0 radical (unpaired) electrons. The first-order chi connectivity index (χ1) is 13.2. The fourth-order valence-electron chi connectivity index (χ4n) is 2.95. The molecule has 7 heteroatoms. The van der Waals surface area contributed by atoms with Gasteiger partial charge in [-0.3, -0.25) is 10.1 Å². The number of hydrogen-bond donors (Lipinski definition) is 0. The summed E-state index contributed by atoms with van der Waals surface area (Å²) in [6.07, 6.45) is 2.52. The smallest absolute Gasteiger partial charge is 0.295 e. The van der Waals surface area contributed by atoms with Gasteiger partial charge in [-0.25, -0.2) is 4.98 Å². The Balaban J connectivity index is 1.52. The van der Waals surface area contributed by atoms with Crippen molar-refractivity contribution in [3.8, 4) is 11.6 Å². The summed E-state index contributed by atoms with van der Waals surface area (Å²) in [7, 11) is 0. The summed E-state index contributed by atoms with van der Waals surface area (Å²) in [5.74, 6) is 0.871. The van der Waals surface area contributed by atoms with Gasteiger partial charge in [-0.15, -0.1) is 0 Å². The number of nitro groups is 1. The molecule has 134 valence electrons. The molecule has 0 atom stereocenters. The Bertz CT molecular complexity index is 1090. The fraction of sp³-hybridized carbons (Fsp3) is 0.150. The summed E-state index contributed by atoms with van der Waals surface area (Å²) in [4.78, 5) is 19.5. The molecular weight excluding hydrogens is 344 g/mol. The molecule has 4 aromatic rings. The molecule has 4 rings (SSSR count). The Morgan fingerprint density at radius 2 is 1.78 bits per heavy atom. The molecule has 0 N–H and O–H groups in total. The first-order valence-corrected chi connectivity index (χ1v) is 8.62. The number of fused-ring (bicyclic) bond motifs is 1. The van der Waals surface area contributed by atoms with Crippen molar-refractivity contribution < 1.29 is 9.45 Å². The number of aromatic nitrogens is 3. The van der Waals surface area contributed by atoms with Crippen LogP contribution in [-0.4, -0.2) is 20.0 Å². The predicted molar refractivity (Wildman–Crippen MR) is 100 cm³/mol. The first kappa shape index (κ1) is 16.8. The van der Waals surface area contributed by atoms with Crippen molar-refractivity contribution in [3.63, 3.8) is 0 Å². The van der Waals surface area contributed by atoms with Gasteiger partial charge in [-0.05, 0) is 24.5 Å². The normalized spacial score (nSPS) is 11.0. The zero-order chi connectivity index (χ0) is 18.6. The van der Waals surface area contributed by atoms with E-state index >= 15 is 0 Å². The minimum Gasteiger partial charge on any atom is -0.332 e. The van der Waals surface area contributed by atoms with Crippen LogP contribution in [0.3, 0.4) is 0 Å². The molecule has 0 aliphatic heterocycles. The number of pyridine rings is 1. The summed E-state index contributed by atoms with van der Waals surface area (Å²) in [5, 5.41) is 15.9. The average molecular weight is 360 g/mol. The van der Waals surface area contributed by atoms with E-state index in [2.05, 4.69) is 27.3 Å². The molecule has 0 bridgehead atoms. The molecule has 0 unspecified atom stereocenters. The van der Waals surface area contributed by atoms with Gasteiger partial charge >= 0.3 is 0 Å². The Hall–Kier alpha value is -3.61. The molecular formula is C20H16N4O3. The molecule has 2 aromatic heterocycles. The highest BCUT2D eigenvalue weighted by Gasteiger charge is 2.16. The van der Waals surface area contributed by atoms with Crippen LogP contribution in [0.5, 0.6) is 0 Å². The average Bonchev–Trinajstić information content (AvgIpc) is 3.17. The van der Waals surface area contributed by atoms with Gasteiger partial charge in [0.05, 0.1) is 4.92 Å². The molecule has 27 heavy (non-hydrogen) atoms. The van der Waals surface area contributed by atoms with E-state index in [1.165, 1.54) is 11.6 Å². The maximum Gasteiger partial charge on any atom is 0.295 e. The van der Waals surface area contributed by atoms with Crippen LogP contribution in [0.2, 0.25) is 0 Å². The second kappa shape index (κ2) is 7.33. The lowest BCUT2D eigenvalue weighted by molar-refractivity contribution is -0.383. The standard InChI is InChI=1S/C20H16N4O3/c25-24(26)17-10-5-9-15-12-13-16(21-19(15)17)20-22-18(23-27-20)11-4-8-14-6-2-1-3-7-14/h1-3,5-7,9-10,12-13H,4,8,11H2. The Morgan fingerprint density at radius 1 is 0.926 bits per heavy atom. The van der Waals surface area contributed by atoms with Crippen molar-refractivity contribution in [1.29, 1.82) is 0 Å². The van der Waals surface area contributed by atoms with Crippen LogP contribution in [0, 0.1) is 10.1 Å². The number of aryl methyl sites for hydroxylation is 2. The van der Waals surface area contributed by atoms with E-state index in [1.54, 1.807) is 24.3 Å². The minimum atomic E-state index is -0.443. The predicted octanol–water partition coefficient (Wildman–Crippen LogP) is 4.37. The monoisotopic (exact) mass is 360 g/mol. The minimum absolute atomic E-state index is 0.0445. The zero-order valence-corrected chi connectivity index (χ0v) is 14.4. The third kappa shape index (κ3) is 3.67. The highest BCUT2D eigenvalue weighted by atomic mass is 16.6. The summed E-state index contributed by atoms with van der Waals surface area (Å²) >= 11 is 0. The Kier molecular flexibility index (Phi) is 4.57. The van der Waals surface area contributed by atoms with E-state index in [4.69, 9.17) is 4.52 Å².